The van der Waals surface area contributed by atoms with Gasteiger partial charge in [-0.15, -0.1) is 0 Å². The van der Waals surface area contributed by atoms with Gasteiger partial charge in [0, 0.05) is 6.20 Å². The molecule has 1 amide bonds. The van der Waals surface area contributed by atoms with Crippen molar-refractivity contribution in [3.05, 3.63) is 59.7 Å². The number of benzene rings is 1. The number of aryl methyl sites for hydroxylation is 1. The van der Waals surface area contributed by atoms with Crippen molar-refractivity contribution in [2.45, 2.75) is 13.0 Å². The molecule has 94 valence electrons. The van der Waals surface area contributed by atoms with Crippen molar-refractivity contribution in [2.24, 2.45) is 0 Å². The molecule has 1 atom stereocenters. The number of amides is 1. The largest absolute Gasteiger partial charge is 0.331 e. The van der Waals surface area contributed by atoms with Crippen molar-refractivity contribution in [3.63, 3.8) is 0 Å². The number of nitrogens with one attached hydrogen (secondary N) is 1. The summed E-state index contributed by atoms with van der Waals surface area (Å²) in [5.41, 5.74) is 1.66. The Morgan fingerprint density at radius 2 is 2.00 bits per heavy atom. The zero-order chi connectivity index (χ0) is 13.7. The smallest absolute Gasteiger partial charge is 0.272 e. The molecule has 0 radical (unpaired) electrons. The summed E-state index contributed by atoms with van der Waals surface area (Å²) in [5, 5.41) is 11.7. The SMILES string of the molecule is Cc1cnc(C(=O)NC(C#N)c2ccccc2)cn1. The quantitative estimate of drug-likeness (QED) is 0.903. The van der Waals surface area contributed by atoms with Crippen LogP contribution in [-0.4, -0.2) is 15.9 Å². The third-order valence-electron chi connectivity index (χ3n) is 2.55. The van der Waals surface area contributed by atoms with E-state index in [1.54, 1.807) is 19.1 Å². The lowest BCUT2D eigenvalue weighted by Gasteiger charge is -2.11. The van der Waals surface area contributed by atoms with Gasteiger partial charge in [-0.05, 0) is 12.5 Å². The molecule has 19 heavy (non-hydrogen) atoms. The van der Waals surface area contributed by atoms with E-state index in [1.807, 2.05) is 18.2 Å². The van der Waals surface area contributed by atoms with Crippen molar-refractivity contribution in [1.29, 1.82) is 5.26 Å². The number of rotatable bonds is 3. The second kappa shape index (κ2) is 5.74. The molecule has 0 saturated heterocycles. The number of carbonyl (C=O) groups is 1. The van der Waals surface area contributed by atoms with E-state index in [2.05, 4.69) is 21.4 Å². The molecule has 5 heteroatoms. The molecule has 0 aliphatic heterocycles. The molecule has 1 heterocycles. The van der Waals surface area contributed by atoms with Gasteiger partial charge < -0.3 is 5.32 Å². The fraction of sp³-hybridized carbons (Fsp3) is 0.143. The molecule has 0 bridgehead atoms. The lowest BCUT2D eigenvalue weighted by molar-refractivity contribution is 0.0939. The summed E-state index contributed by atoms with van der Waals surface area (Å²) in [6, 6.07) is 10.4. The van der Waals surface area contributed by atoms with Crippen LogP contribution in [0.15, 0.2) is 42.7 Å². The Morgan fingerprint density at radius 3 is 2.58 bits per heavy atom. The lowest BCUT2D eigenvalue weighted by Crippen LogP contribution is -2.28. The number of carbonyl (C=O) groups excluding carboxylic acids is 1. The van der Waals surface area contributed by atoms with Crippen LogP contribution in [0.3, 0.4) is 0 Å². The molecule has 1 aromatic carbocycles. The molecule has 0 aliphatic carbocycles. The molecule has 1 unspecified atom stereocenters. The first kappa shape index (κ1) is 12.7. The molecule has 1 N–H and O–H groups in total. The molecular weight excluding hydrogens is 240 g/mol. The van der Waals surface area contributed by atoms with Gasteiger partial charge in [0.2, 0.25) is 0 Å². The van der Waals surface area contributed by atoms with E-state index < -0.39 is 11.9 Å². The zero-order valence-corrected chi connectivity index (χ0v) is 10.4. The molecular formula is C14H12N4O. The number of nitriles is 1. The highest BCUT2D eigenvalue weighted by Gasteiger charge is 2.15. The topological polar surface area (TPSA) is 78.7 Å². The first-order valence-electron chi connectivity index (χ1n) is 5.75. The highest BCUT2D eigenvalue weighted by molar-refractivity contribution is 5.92. The van der Waals surface area contributed by atoms with Crippen molar-refractivity contribution < 1.29 is 4.79 Å². The fourth-order valence-corrected chi connectivity index (χ4v) is 1.55. The molecule has 0 spiro atoms. The van der Waals surface area contributed by atoms with Gasteiger partial charge in [-0.3, -0.25) is 9.78 Å². The summed E-state index contributed by atoms with van der Waals surface area (Å²) in [5.74, 6) is -0.414. The third-order valence-corrected chi connectivity index (χ3v) is 2.55. The molecule has 0 aliphatic rings. The van der Waals surface area contributed by atoms with Crippen molar-refractivity contribution in [1.82, 2.24) is 15.3 Å². The monoisotopic (exact) mass is 252 g/mol. The maximum Gasteiger partial charge on any atom is 0.272 e. The van der Waals surface area contributed by atoms with Crippen LogP contribution in [0, 0.1) is 18.3 Å². The lowest BCUT2D eigenvalue weighted by atomic mass is 10.1. The van der Waals surface area contributed by atoms with Crippen molar-refractivity contribution in [3.8, 4) is 6.07 Å². The average Bonchev–Trinajstić information content (AvgIpc) is 2.46. The van der Waals surface area contributed by atoms with E-state index in [0.29, 0.717) is 0 Å². The molecule has 0 fully saturated rings. The second-order valence-electron chi connectivity index (χ2n) is 3.99. The third kappa shape index (κ3) is 3.13. The van der Waals surface area contributed by atoms with Gasteiger partial charge in [0.05, 0.1) is 18.0 Å². The predicted molar refractivity (Wildman–Crippen MR) is 69.0 cm³/mol. The van der Waals surface area contributed by atoms with Gasteiger partial charge in [0.25, 0.3) is 5.91 Å². The summed E-state index contributed by atoms with van der Waals surface area (Å²) >= 11 is 0. The van der Waals surface area contributed by atoms with E-state index in [1.165, 1.54) is 12.4 Å². The first-order chi connectivity index (χ1) is 9.20. The first-order valence-corrected chi connectivity index (χ1v) is 5.75. The summed E-state index contributed by atoms with van der Waals surface area (Å²) in [4.78, 5) is 19.9. The summed E-state index contributed by atoms with van der Waals surface area (Å²) in [6.45, 7) is 1.79. The minimum atomic E-state index is -0.697. The summed E-state index contributed by atoms with van der Waals surface area (Å²) < 4.78 is 0. The zero-order valence-electron chi connectivity index (χ0n) is 10.4. The van der Waals surface area contributed by atoms with Crippen LogP contribution in [0.2, 0.25) is 0 Å². The van der Waals surface area contributed by atoms with Gasteiger partial charge >= 0.3 is 0 Å². The number of nitrogens with zero attached hydrogens (tertiary/aromatic N) is 3. The van der Waals surface area contributed by atoms with E-state index in [-0.39, 0.29) is 5.69 Å². The Labute approximate surface area is 110 Å². The second-order valence-corrected chi connectivity index (χ2v) is 3.99. The van der Waals surface area contributed by atoms with Gasteiger partial charge in [0.1, 0.15) is 11.7 Å². The minimum absolute atomic E-state index is 0.196. The van der Waals surface area contributed by atoms with Crippen LogP contribution >= 0.6 is 0 Å². The Kier molecular flexibility index (Phi) is 3.84. The minimum Gasteiger partial charge on any atom is -0.331 e. The van der Waals surface area contributed by atoms with Crippen molar-refractivity contribution >= 4 is 5.91 Å². The predicted octanol–water partition coefficient (Wildman–Crippen LogP) is 1.78. The van der Waals surface area contributed by atoms with Crippen LogP contribution in [0.1, 0.15) is 27.8 Å². The Hall–Kier alpha value is -2.74. The fourth-order valence-electron chi connectivity index (χ4n) is 1.55. The normalized spacial score (nSPS) is 11.4. The Balaban J connectivity index is 2.13. The van der Waals surface area contributed by atoms with Crippen LogP contribution < -0.4 is 5.32 Å². The molecule has 5 nitrogen and oxygen atoms in total. The highest BCUT2D eigenvalue weighted by Crippen LogP contribution is 2.11. The number of hydrogen-bond acceptors (Lipinski definition) is 4. The average molecular weight is 252 g/mol. The summed E-state index contributed by atoms with van der Waals surface area (Å²) in [7, 11) is 0. The molecule has 2 aromatic rings. The molecule has 0 saturated carbocycles. The number of hydrogen-bond donors (Lipinski definition) is 1. The van der Waals surface area contributed by atoms with E-state index in [4.69, 9.17) is 5.26 Å². The van der Waals surface area contributed by atoms with Gasteiger partial charge in [-0.25, -0.2) is 4.98 Å². The maximum absolute atomic E-state index is 11.9. The number of aromatic nitrogens is 2. The van der Waals surface area contributed by atoms with Gasteiger partial charge in [-0.2, -0.15) is 5.26 Å². The van der Waals surface area contributed by atoms with Gasteiger partial charge in [-0.1, -0.05) is 30.3 Å². The van der Waals surface area contributed by atoms with Gasteiger partial charge in [0.15, 0.2) is 0 Å². The molecule has 1 aromatic heterocycles. The van der Waals surface area contributed by atoms with Crippen LogP contribution in [0.25, 0.3) is 0 Å². The summed E-state index contributed by atoms with van der Waals surface area (Å²) in [6.07, 6.45) is 2.91. The maximum atomic E-state index is 11.9. The Morgan fingerprint density at radius 1 is 1.26 bits per heavy atom. The van der Waals surface area contributed by atoms with Crippen LogP contribution in [-0.2, 0) is 0 Å². The van der Waals surface area contributed by atoms with E-state index >= 15 is 0 Å². The van der Waals surface area contributed by atoms with E-state index in [0.717, 1.165) is 11.3 Å². The molecule has 2 rings (SSSR count). The van der Waals surface area contributed by atoms with Crippen molar-refractivity contribution in [2.75, 3.05) is 0 Å². The Bertz CT molecular complexity index is 602. The van der Waals surface area contributed by atoms with Crippen LogP contribution in [0.5, 0.6) is 0 Å². The van der Waals surface area contributed by atoms with E-state index in [9.17, 15) is 4.79 Å². The van der Waals surface area contributed by atoms with Crippen LogP contribution in [0.4, 0.5) is 0 Å². The standard InChI is InChI=1S/C14H12N4O/c1-10-8-17-13(9-16-10)14(19)18-12(7-15)11-5-3-2-4-6-11/h2-6,8-9,12H,1H3,(H,18,19). The highest BCUT2D eigenvalue weighted by atomic mass is 16.1.